The van der Waals surface area contributed by atoms with Gasteiger partial charge in [0.25, 0.3) is 23.6 Å². The third-order valence-electron chi connectivity index (χ3n) is 13.5. The standard InChI is InChI=1S/C56H54N2O15/c1-4-28-66-55-43(57-49(59)37-24-14-15-25-38(37)50(57)60)47(67-30-35-20-10-6-11-21-35)45(41(70-55)31-65-29-34-18-8-5-9-19-34)73-56-44(58-51(61)39-26-16-17-27-40(39)52(58)62)48(69-33(2)53(63)64-3)46-42(71-56)32-68-54(72-46)36-22-12-7-13-23-36/h4-27,33,41-48,54-56H,1,28-32H2,2-3H3/t33?,41-,42-,43-,44-,45-,46-,47-,48-,54-,55-,56+/m1/s1. The molecule has 10 rings (SSSR count). The maximum atomic E-state index is 14.8. The predicted molar refractivity (Wildman–Crippen MR) is 257 cm³/mol. The summed E-state index contributed by atoms with van der Waals surface area (Å²) in [5.41, 5.74) is 2.84. The molecule has 17 heteroatoms. The van der Waals surface area contributed by atoms with Crippen LogP contribution in [-0.2, 0) is 65.4 Å². The molecule has 378 valence electrons. The zero-order valence-electron chi connectivity index (χ0n) is 40.0. The molecular weight excluding hydrogens is 941 g/mol. The number of benzene rings is 5. The van der Waals surface area contributed by atoms with Crippen molar-refractivity contribution in [1.82, 2.24) is 9.80 Å². The number of ether oxygens (including phenoxy) is 10. The van der Waals surface area contributed by atoms with Crippen molar-refractivity contribution in [2.24, 2.45) is 0 Å². The molecule has 0 aromatic heterocycles. The quantitative estimate of drug-likeness (QED) is 0.0548. The van der Waals surface area contributed by atoms with Crippen LogP contribution in [0.15, 0.2) is 152 Å². The lowest BCUT2D eigenvalue weighted by Crippen LogP contribution is -2.72. The molecule has 4 amide bonds. The van der Waals surface area contributed by atoms with Crippen LogP contribution in [0.4, 0.5) is 0 Å². The summed E-state index contributed by atoms with van der Waals surface area (Å²) in [6, 6.07) is 37.9. The van der Waals surface area contributed by atoms with Gasteiger partial charge in [0.1, 0.15) is 48.7 Å². The Labute approximate surface area is 421 Å². The van der Waals surface area contributed by atoms with Crippen molar-refractivity contribution in [3.05, 3.63) is 191 Å². The van der Waals surface area contributed by atoms with Crippen LogP contribution in [-0.4, -0.2) is 134 Å². The predicted octanol–water partition coefficient (Wildman–Crippen LogP) is 6.22. The summed E-state index contributed by atoms with van der Waals surface area (Å²) in [4.78, 5) is 74.3. The van der Waals surface area contributed by atoms with Crippen molar-refractivity contribution in [2.45, 2.75) is 93.8 Å². The summed E-state index contributed by atoms with van der Waals surface area (Å²) in [6.45, 7) is 5.09. The molecule has 3 saturated heterocycles. The van der Waals surface area contributed by atoms with Crippen molar-refractivity contribution in [3.63, 3.8) is 0 Å². The summed E-state index contributed by atoms with van der Waals surface area (Å²) in [7, 11) is 1.22. The van der Waals surface area contributed by atoms with Crippen LogP contribution in [0, 0.1) is 0 Å². The molecule has 17 nitrogen and oxygen atoms in total. The van der Waals surface area contributed by atoms with Gasteiger partial charge in [0, 0.05) is 5.56 Å². The molecule has 73 heavy (non-hydrogen) atoms. The number of amides is 4. The number of carbonyl (C=O) groups is 5. The van der Waals surface area contributed by atoms with Crippen LogP contribution in [0.2, 0.25) is 0 Å². The fourth-order valence-corrected chi connectivity index (χ4v) is 10.0. The van der Waals surface area contributed by atoms with Crippen molar-refractivity contribution >= 4 is 29.6 Å². The van der Waals surface area contributed by atoms with Crippen LogP contribution in [0.25, 0.3) is 0 Å². The van der Waals surface area contributed by atoms with Crippen molar-refractivity contribution in [3.8, 4) is 0 Å². The first kappa shape index (κ1) is 49.8. The lowest BCUT2D eigenvalue weighted by Gasteiger charge is -2.53. The molecule has 3 fully saturated rings. The number of imide groups is 2. The second-order valence-electron chi connectivity index (χ2n) is 18.0. The second kappa shape index (κ2) is 22.1. The average molecular weight is 995 g/mol. The van der Waals surface area contributed by atoms with E-state index in [-0.39, 0.29) is 55.3 Å². The first-order chi connectivity index (χ1) is 35.6. The molecular formula is C56H54N2O15. The van der Waals surface area contributed by atoms with Gasteiger partial charge in [0.2, 0.25) is 0 Å². The van der Waals surface area contributed by atoms with E-state index in [9.17, 15) is 24.0 Å². The SMILES string of the molecule is C=CCO[C@@H]1O[C@H](COCc2ccccc2)[C@@H](O[C@@H]2O[C@@H]3CO[C@@H](c4ccccc4)O[C@H]3[C@H](OC(C)C(=O)OC)[C@H]2N2C(=O)c3ccccc3C2=O)[C@H](OCc2ccccc2)[C@H]1N1C(=O)c2ccccc2C1=O. The van der Waals surface area contributed by atoms with E-state index in [1.165, 1.54) is 20.1 Å². The molecule has 0 saturated carbocycles. The van der Waals surface area contributed by atoms with Gasteiger partial charge in [-0.3, -0.25) is 29.0 Å². The Morgan fingerprint density at radius 2 is 1.16 bits per heavy atom. The first-order valence-corrected chi connectivity index (χ1v) is 24.1. The first-order valence-electron chi connectivity index (χ1n) is 24.1. The minimum absolute atomic E-state index is 0.0558. The number of hydrogen-bond acceptors (Lipinski definition) is 15. The molecule has 12 atom stereocenters. The number of rotatable bonds is 18. The molecule has 5 aromatic carbocycles. The zero-order valence-corrected chi connectivity index (χ0v) is 40.0. The molecule has 0 bridgehead atoms. The molecule has 5 heterocycles. The summed E-state index contributed by atoms with van der Waals surface area (Å²) in [5, 5.41) is 0. The van der Waals surface area contributed by atoms with Gasteiger partial charge in [-0.2, -0.15) is 0 Å². The summed E-state index contributed by atoms with van der Waals surface area (Å²) in [6.07, 6.45) is -11.0. The zero-order chi connectivity index (χ0) is 50.6. The van der Waals surface area contributed by atoms with E-state index in [1.54, 1.807) is 48.5 Å². The lowest BCUT2D eigenvalue weighted by atomic mass is 9.92. The smallest absolute Gasteiger partial charge is 0.334 e. The second-order valence-corrected chi connectivity index (χ2v) is 18.0. The molecule has 5 aliphatic heterocycles. The number of nitrogens with zero attached hydrogens (tertiary/aromatic N) is 2. The van der Waals surface area contributed by atoms with Crippen molar-refractivity contribution in [2.75, 3.05) is 26.9 Å². The number of esters is 1. The normalized spacial score (nSPS) is 28.1. The van der Waals surface area contributed by atoms with E-state index >= 15 is 0 Å². The molecule has 5 aliphatic rings. The Morgan fingerprint density at radius 3 is 1.71 bits per heavy atom. The van der Waals surface area contributed by atoms with Gasteiger partial charge in [-0.15, -0.1) is 6.58 Å². The highest BCUT2D eigenvalue weighted by atomic mass is 16.8. The average Bonchev–Trinajstić information content (AvgIpc) is 3.83. The van der Waals surface area contributed by atoms with E-state index in [2.05, 4.69) is 6.58 Å². The van der Waals surface area contributed by atoms with Crippen LogP contribution in [0.5, 0.6) is 0 Å². The van der Waals surface area contributed by atoms with Crippen LogP contribution >= 0.6 is 0 Å². The molecule has 1 unspecified atom stereocenters. The van der Waals surface area contributed by atoms with Crippen molar-refractivity contribution in [1.29, 1.82) is 0 Å². The van der Waals surface area contributed by atoms with Crippen molar-refractivity contribution < 1.29 is 71.3 Å². The Bertz CT molecular complexity index is 2730. The van der Waals surface area contributed by atoms with E-state index in [1.807, 2.05) is 91.0 Å². The van der Waals surface area contributed by atoms with Crippen LogP contribution < -0.4 is 0 Å². The number of fused-ring (bicyclic) bond motifs is 3. The van der Waals surface area contributed by atoms with Gasteiger partial charge in [-0.05, 0) is 42.3 Å². The summed E-state index contributed by atoms with van der Waals surface area (Å²) >= 11 is 0. The minimum atomic E-state index is -1.64. The van der Waals surface area contributed by atoms with Crippen LogP contribution in [0.3, 0.4) is 0 Å². The fraction of sp³-hybridized carbons (Fsp3) is 0.339. The third-order valence-corrected chi connectivity index (χ3v) is 13.5. The highest BCUT2D eigenvalue weighted by Gasteiger charge is 2.61. The third kappa shape index (κ3) is 10.0. The minimum Gasteiger partial charge on any atom is -0.467 e. The number of hydrogen-bond donors (Lipinski definition) is 0. The van der Waals surface area contributed by atoms with Gasteiger partial charge >= 0.3 is 5.97 Å². The number of methoxy groups -OCH3 is 1. The maximum absolute atomic E-state index is 14.8. The van der Waals surface area contributed by atoms with Gasteiger partial charge in [-0.1, -0.05) is 121 Å². The van der Waals surface area contributed by atoms with Gasteiger partial charge in [0.05, 0.1) is 62.4 Å². The highest BCUT2D eigenvalue weighted by molar-refractivity contribution is 6.22. The monoisotopic (exact) mass is 994 g/mol. The highest BCUT2D eigenvalue weighted by Crippen LogP contribution is 2.43. The van der Waals surface area contributed by atoms with E-state index in [0.717, 1.165) is 20.9 Å². The topological polar surface area (TPSA) is 184 Å². The molecule has 0 N–H and O–H groups in total. The van der Waals surface area contributed by atoms with Crippen LogP contribution in [0.1, 0.15) is 71.3 Å². The Morgan fingerprint density at radius 1 is 0.644 bits per heavy atom. The van der Waals surface area contributed by atoms with Gasteiger partial charge in [0.15, 0.2) is 25.0 Å². The van der Waals surface area contributed by atoms with E-state index in [0.29, 0.717) is 5.56 Å². The molecule has 5 aromatic rings. The summed E-state index contributed by atoms with van der Waals surface area (Å²) in [5.74, 6) is -3.36. The van der Waals surface area contributed by atoms with Gasteiger partial charge < -0.3 is 47.4 Å². The Balaban J connectivity index is 1.11. The lowest BCUT2D eigenvalue weighted by molar-refractivity contribution is -0.378. The Kier molecular flexibility index (Phi) is 15.1. The largest absolute Gasteiger partial charge is 0.467 e. The molecule has 0 aliphatic carbocycles. The Hall–Kier alpha value is -6.77. The van der Waals surface area contributed by atoms with E-state index in [4.69, 9.17) is 47.4 Å². The number of carbonyl (C=O) groups excluding carboxylic acids is 5. The summed E-state index contributed by atoms with van der Waals surface area (Å²) < 4.78 is 65.5. The van der Waals surface area contributed by atoms with Gasteiger partial charge in [-0.25, -0.2) is 4.79 Å². The fourth-order valence-electron chi connectivity index (χ4n) is 10.0. The molecule has 0 spiro atoms. The molecule has 0 radical (unpaired) electrons. The van der Waals surface area contributed by atoms with E-state index < -0.39 is 103 Å². The maximum Gasteiger partial charge on any atom is 0.334 e.